The zero-order valence-electron chi connectivity index (χ0n) is 16.0. The van der Waals surface area contributed by atoms with Crippen LogP contribution in [0.1, 0.15) is 28.4 Å². The van der Waals surface area contributed by atoms with Gasteiger partial charge in [0.1, 0.15) is 12.4 Å². The predicted octanol–water partition coefficient (Wildman–Crippen LogP) is 4.57. The van der Waals surface area contributed by atoms with Crippen molar-refractivity contribution in [3.05, 3.63) is 95.3 Å². The normalized spacial score (nSPS) is 10.7. The average molecular weight is 392 g/mol. The number of hydrazone groups is 1. The summed E-state index contributed by atoms with van der Waals surface area (Å²) in [7, 11) is 0. The fraction of sp³-hybridized carbons (Fsp3) is 0.130. The van der Waals surface area contributed by atoms with Crippen LogP contribution in [0.5, 0.6) is 11.5 Å². The van der Waals surface area contributed by atoms with Crippen LogP contribution in [0.2, 0.25) is 0 Å². The topological polar surface area (TPSA) is 59.9 Å². The van der Waals surface area contributed by atoms with Gasteiger partial charge in [0.25, 0.3) is 5.91 Å². The third-order valence-electron chi connectivity index (χ3n) is 3.99. The van der Waals surface area contributed by atoms with Gasteiger partial charge in [0, 0.05) is 5.56 Å². The van der Waals surface area contributed by atoms with Gasteiger partial charge in [-0.1, -0.05) is 30.3 Å². The zero-order chi connectivity index (χ0) is 20.5. The SMILES string of the molecule is CCOc1cc(C=NNC(=O)c2ccc(F)cc2)ccc1OCc1ccccc1. The van der Waals surface area contributed by atoms with E-state index < -0.39 is 11.7 Å². The number of benzene rings is 3. The van der Waals surface area contributed by atoms with Crippen molar-refractivity contribution in [2.45, 2.75) is 13.5 Å². The minimum absolute atomic E-state index is 0.322. The number of hydrogen-bond acceptors (Lipinski definition) is 4. The Bertz CT molecular complexity index is 973. The molecule has 3 rings (SSSR count). The summed E-state index contributed by atoms with van der Waals surface area (Å²) in [5, 5.41) is 3.95. The molecule has 0 unspecified atom stereocenters. The van der Waals surface area contributed by atoms with Crippen LogP contribution in [-0.4, -0.2) is 18.7 Å². The average Bonchev–Trinajstić information content (AvgIpc) is 2.74. The molecule has 148 valence electrons. The Labute approximate surface area is 168 Å². The summed E-state index contributed by atoms with van der Waals surface area (Å²) in [6, 6.07) is 20.5. The number of rotatable bonds is 8. The van der Waals surface area contributed by atoms with Crippen LogP contribution >= 0.6 is 0 Å². The second-order valence-corrected chi connectivity index (χ2v) is 6.12. The number of ether oxygens (including phenoxy) is 2. The Balaban J connectivity index is 1.64. The molecule has 0 aliphatic carbocycles. The molecular weight excluding hydrogens is 371 g/mol. The summed E-state index contributed by atoms with van der Waals surface area (Å²) in [4.78, 5) is 12.0. The number of nitrogens with zero attached hydrogens (tertiary/aromatic N) is 1. The van der Waals surface area contributed by atoms with Crippen LogP contribution < -0.4 is 14.9 Å². The van der Waals surface area contributed by atoms with E-state index in [2.05, 4.69) is 10.5 Å². The van der Waals surface area contributed by atoms with Crippen molar-refractivity contribution in [1.29, 1.82) is 0 Å². The lowest BCUT2D eigenvalue weighted by Gasteiger charge is -2.12. The number of amides is 1. The molecule has 0 aromatic heterocycles. The summed E-state index contributed by atoms with van der Waals surface area (Å²) in [5.41, 5.74) is 4.53. The first kappa shape index (κ1) is 20.1. The molecule has 3 aromatic rings. The van der Waals surface area contributed by atoms with Gasteiger partial charge in [0.2, 0.25) is 0 Å². The fourth-order valence-corrected chi connectivity index (χ4v) is 2.56. The molecule has 5 nitrogen and oxygen atoms in total. The van der Waals surface area contributed by atoms with Gasteiger partial charge in [-0.15, -0.1) is 0 Å². The van der Waals surface area contributed by atoms with E-state index in [-0.39, 0.29) is 0 Å². The van der Waals surface area contributed by atoms with E-state index in [0.29, 0.717) is 30.3 Å². The van der Waals surface area contributed by atoms with Crippen LogP contribution in [0.3, 0.4) is 0 Å². The lowest BCUT2D eigenvalue weighted by atomic mass is 10.2. The Morgan fingerprint density at radius 3 is 2.48 bits per heavy atom. The molecule has 0 aliphatic rings. The molecule has 0 aliphatic heterocycles. The maximum absolute atomic E-state index is 12.9. The van der Waals surface area contributed by atoms with E-state index in [1.807, 2.05) is 43.3 Å². The van der Waals surface area contributed by atoms with Gasteiger partial charge in [-0.2, -0.15) is 5.10 Å². The van der Waals surface area contributed by atoms with Crippen molar-refractivity contribution in [1.82, 2.24) is 5.43 Å². The summed E-state index contributed by atoms with van der Waals surface area (Å²) < 4.78 is 24.5. The lowest BCUT2D eigenvalue weighted by molar-refractivity contribution is 0.0955. The summed E-state index contributed by atoms with van der Waals surface area (Å²) >= 11 is 0. The van der Waals surface area contributed by atoms with Gasteiger partial charge in [0.15, 0.2) is 11.5 Å². The van der Waals surface area contributed by atoms with Crippen molar-refractivity contribution in [3.63, 3.8) is 0 Å². The number of halogens is 1. The second-order valence-electron chi connectivity index (χ2n) is 6.12. The maximum atomic E-state index is 12.9. The van der Waals surface area contributed by atoms with Crippen molar-refractivity contribution in [2.24, 2.45) is 5.10 Å². The van der Waals surface area contributed by atoms with E-state index in [1.165, 1.54) is 30.5 Å². The molecule has 0 spiro atoms. The monoisotopic (exact) mass is 392 g/mol. The number of carbonyl (C=O) groups is 1. The van der Waals surface area contributed by atoms with Crippen LogP contribution in [0.15, 0.2) is 77.9 Å². The van der Waals surface area contributed by atoms with E-state index >= 15 is 0 Å². The van der Waals surface area contributed by atoms with Gasteiger partial charge in [0.05, 0.1) is 12.8 Å². The molecule has 0 radical (unpaired) electrons. The van der Waals surface area contributed by atoms with Crippen LogP contribution in [-0.2, 0) is 6.61 Å². The standard InChI is InChI=1S/C23H21FN2O3/c1-2-28-22-14-18(8-13-21(22)29-16-17-6-4-3-5-7-17)15-25-26-23(27)19-9-11-20(24)12-10-19/h3-15H,2,16H2,1H3,(H,26,27). The van der Waals surface area contributed by atoms with Crippen molar-refractivity contribution < 1.29 is 18.7 Å². The third kappa shape index (κ3) is 5.90. The Kier molecular flexibility index (Phi) is 6.95. The van der Waals surface area contributed by atoms with Gasteiger partial charge in [-0.05, 0) is 60.5 Å². The third-order valence-corrected chi connectivity index (χ3v) is 3.99. The van der Waals surface area contributed by atoms with Crippen molar-refractivity contribution in [3.8, 4) is 11.5 Å². The van der Waals surface area contributed by atoms with Gasteiger partial charge < -0.3 is 9.47 Å². The molecule has 0 atom stereocenters. The molecule has 0 bridgehead atoms. The molecule has 1 amide bonds. The Hall–Kier alpha value is -3.67. The van der Waals surface area contributed by atoms with Gasteiger partial charge >= 0.3 is 0 Å². The van der Waals surface area contributed by atoms with Crippen LogP contribution in [0.25, 0.3) is 0 Å². The quantitative estimate of drug-likeness (QED) is 0.451. The van der Waals surface area contributed by atoms with Crippen molar-refractivity contribution in [2.75, 3.05) is 6.61 Å². The Morgan fingerprint density at radius 1 is 1.00 bits per heavy atom. The minimum Gasteiger partial charge on any atom is -0.490 e. The first-order chi connectivity index (χ1) is 14.2. The summed E-state index contributed by atoms with van der Waals surface area (Å²) in [6.07, 6.45) is 1.50. The predicted molar refractivity (Wildman–Crippen MR) is 110 cm³/mol. The number of carbonyl (C=O) groups excluding carboxylic acids is 1. The first-order valence-electron chi connectivity index (χ1n) is 9.18. The molecular formula is C23H21FN2O3. The van der Waals surface area contributed by atoms with Crippen LogP contribution in [0, 0.1) is 5.82 Å². The van der Waals surface area contributed by atoms with Gasteiger partial charge in [-0.25, -0.2) is 9.82 Å². The van der Waals surface area contributed by atoms with E-state index in [1.54, 1.807) is 12.1 Å². The smallest absolute Gasteiger partial charge is 0.271 e. The zero-order valence-corrected chi connectivity index (χ0v) is 16.0. The number of hydrogen-bond donors (Lipinski definition) is 1. The maximum Gasteiger partial charge on any atom is 0.271 e. The largest absolute Gasteiger partial charge is 0.490 e. The summed E-state index contributed by atoms with van der Waals surface area (Å²) in [6.45, 7) is 2.82. The Morgan fingerprint density at radius 2 is 1.76 bits per heavy atom. The second kappa shape index (κ2) is 10.0. The highest BCUT2D eigenvalue weighted by Crippen LogP contribution is 2.28. The first-order valence-corrected chi connectivity index (χ1v) is 9.18. The highest BCUT2D eigenvalue weighted by atomic mass is 19.1. The molecule has 0 heterocycles. The summed E-state index contributed by atoms with van der Waals surface area (Å²) in [5.74, 6) is 0.401. The fourth-order valence-electron chi connectivity index (χ4n) is 2.56. The molecule has 0 fully saturated rings. The van der Waals surface area contributed by atoms with Crippen LogP contribution in [0.4, 0.5) is 4.39 Å². The van der Waals surface area contributed by atoms with E-state index in [9.17, 15) is 9.18 Å². The van der Waals surface area contributed by atoms with Gasteiger partial charge in [-0.3, -0.25) is 4.79 Å². The number of nitrogens with one attached hydrogen (secondary N) is 1. The van der Waals surface area contributed by atoms with E-state index in [4.69, 9.17) is 9.47 Å². The lowest BCUT2D eigenvalue weighted by Crippen LogP contribution is -2.17. The highest BCUT2D eigenvalue weighted by Gasteiger charge is 2.07. The highest BCUT2D eigenvalue weighted by molar-refractivity contribution is 5.94. The molecule has 3 aromatic carbocycles. The molecule has 1 N–H and O–H groups in total. The molecule has 6 heteroatoms. The van der Waals surface area contributed by atoms with Crippen molar-refractivity contribution >= 4 is 12.1 Å². The molecule has 29 heavy (non-hydrogen) atoms. The van der Waals surface area contributed by atoms with E-state index in [0.717, 1.165) is 11.1 Å². The molecule has 0 saturated heterocycles. The molecule has 0 saturated carbocycles. The minimum atomic E-state index is -0.422.